The number of sulfone groups is 1. The van der Waals surface area contributed by atoms with Crippen molar-refractivity contribution in [3.05, 3.63) is 54.1 Å². The maximum absolute atomic E-state index is 12.4. The van der Waals surface area contributed by atoms with Gasteiger partial charge in [0.2, 0.25) is 20.1 Å². The molecule has 142 valence electrons. The number of rotatable bonds is 7. The van der Waals surface area contributed by atoms with Gasteiger partial charge in [0.15, 0.2) is 0 Å². The summed E-state index contributed by atoms with van der Waals surface area (Å²) in [5.74, 6) is 0.0486. The van der Waals surface area contributed by atoms with Crippen LogP contribution in [0.2, 0.25) is 0 Å². The van der Waals surface area contributed by atoms with E-state index < -0.39 is 9.84 Å². The highest BCUT2D eigenvalue weighted by Crippen LogP contribution is 2.29. The Morgan fingerprint density at radius 2 is 1.89 bits per heavy atom. The second kappa shape index (κ2) is 8.19. The van der Waals surface area contributed by atoms with Gasteiger partial charge in [-0.2, -0.15) is 0 Å². The SMILES string of the molecule is CC(C)CS(=O)(=O)c1nc2ccc(NC(=O)CCc3ccccc3)cc2s1. The van der Waals surface area contributed by atoms with Crippen molar-refractivity contribution in [2.45, 2.75) is 31.0 Å². The Morgan fingerprint density at radius 1 is 1.15 bits per heavy atom. The summed E-state index contributed by atoms with van der Waals surface area (Å²) >= 11 is 1.15. The first-order valence-electron chi connectivity index (χ1n) is 8.80. The first-order chi connectivity index (χ1) is 12.8. The first-order valence-corrected chi connectivity index (χ1v) is 11.3. The number of nitrogens with one attached hydrogen (secondary N) is 1. The Balaban J connectivity index is 1.70. The van der Waals surface area contributed by atoms with Crippen molar-refractivity contribution in [1.82, 2.24) is 4.98 Å². The molecule has 1 amide bonds. The van der Waals surface area contributed by atoms with Crippen LogP contribution in [0.1, 0.15) is 25.8 Å². The van der Waals surface area contributed by atoms with Gasteiger partial charge in [-0.25, -0.2) is 13.4 Å². The molecule has 0 bridgehead atoms. The van der Waals surface area contributed by atoms with Crippen LogP contribution in [-0.2, 0) is 21.1 Å². The maximum Gasteiger partial charge on any atom is 0.224 e. The van der Waals surface area contributed by atoms with E-state index in [4.69, 9.17) is 0 Å². The van der Waals surface area contributed by atoms with Crippen molar-refractivity contribution in [2.24, 2.45) is 5.92 Å². The molecule has 0 aliphatic rings. The first kappa shape index (κ1) is 19.5. The normalized spacial score (nSPS) is 11.8. The maximum atomic E-state index is 12.4. The summed E-state index contributed by atoms with van der Waals surface area (Å²) in [7, 11) is -3.38. The molecule has 0 saturated heterocycles. The van der Waals surface area contributed by atoms with Crippen LogP contribution in [0.3, 0.4) is 0 Å². The second-order valence-corrected chi connectivity index (χ2v) is 10.1. The predicted molar refractivity (Wildman–Crippen MR) is 110 cm³/mol. The Kier molecular flexibility index (Phi) is 5.92. The van der Waals surface area contributed by atoms with Crippen LogP contribution in [0.4, 0.5) is 5.69 Å². The third-order valence-electron chi connectivity index (χ3n) is 3.95. The molecule has 7 heteroatoms. The van der Waals surface area contributed by atoms with Gasteiger partial charge in [-0.3, -0.25) is 4.79 Å². The lowest BCUT2D eigenvalue weighted by atomic mass is 10.1. The number of anilines is 1. The lowest BCUT2D eigenvalue weighted by Crippen LogP contribution is -2.12. The molecule has 0 atom stereocenters. The molecule has 1 N–H and O–H groups in total. The molecule has 1 heterocycles. The highest BCUT2D eigenvalue weighted by atomic mass is 32.2. The minimum Gasteiger partial charge on any atom is -0.326 e. The number of hydrogen-bond acceptors (Lipinski definition) is 5. The highest BCUT2D eigenvalue weighted by molar-refractivity contribution is 7.93. The molecule has 0 radical (unpaired) electrons. The van der Waals surface area contributed by atoms with E-state index in [1.54, 1.807) is 18.2 Å². The fourth-order valence-electron chi connectivity index (χ4n) is 2.75. The lowest BCUT2D eigenvalue weighted by molar-refractivity contribution is -0.116. The fraction of sp³-hybridized carbons (Fsp3) is 0.300. The van der Waals surface area contributed by atoms with Crippen LogP contribution in [0.5, 0.6) is 0 Å². The molecule has 2 aromatic carbocycles. The molecule has 27 heavy (non-hydrogen) atoms. The van der Waals surface area contributed by atoms with E-state index in [-0.39, 0.29) is 21.9 Å². The van der Waals surface area contributed by atoms with Crippen LogP contribution in [0, 0.1) is 5.92 Å². The summed E-state index contributed by atoms with van der Waals surface area (Å²) in [4.78, 5) is 16.4. The highest BCUT2D eigenvalue weighted by Gasteiger charge is 2.21. The minimum absolute atomic E-state index is 0.0430. The van der Waals surface area contributed by atoms with Crippen molar-refractivity contribution in [1.29, 1.82) is 0 Å². The number of hydrogen-bond donors (Lipinski definition) is 1. The Labute approximate surface area is 163 Å². The van der Waals surface area contributed by atoms with Gasteiger partial charge in [0.25, 0.3) is 0 Å². The fourth-order valence-corrected chi connectivity index (χ4v) is 5.73. The molecule has 0 saturated carbocycles. The predicted octanol–water partition coefficient (Wildman–Crippen LogP) is 4.30. The van der Waals surface area contributed by atoms with Gasteiger partial charge in [0, 0.05) is 12.1 Å². The molecule has 3 aromatic rings. The Morgan fingerprint density at radius 3 is 2.59 bits per heavy atom. The van der Waals surface area contributed by atoms with E-state index in [0.29, 0.717) is 24.0 Å². The zero-order valence-corrected chi connectivity index (χ0v) is 16.9. The van der Waals surface area contributed by atoms with Crippen molar-refractivity contribution in [3.63, 3.8) is 0 Å². The molecule has 3 rings (SSSR count). The third-order valence-corrected chi connectivity index (χ3v) is 7.51. The van der Waals surface area contributed by atoms with E-state index >= 15 is 0 Å². The summed E-state index contributed by atoms with van der Waals surface area (Å²) < 4.78 is 25.6. The summed E-state index contributed by atoms with van der Waals surface area (Å²) in [5, 5.41) is 2.88. The van der Waals surface area contributed by atoms with Crippen molar-refractivity contribution < 1.29 is 13.2 Å². The van der Waals surface area contributed by atoms with Crippen molar-refractivity contribution >= 4 is 43.0 Å². The van der Waals surface area contributed by atoms with Crippen molar-refractivity contribution in [3.8, 4) is 0 Å². The molecule has 0 aliphatic heterocycles. The summed E-state index contributed by atoms with van der Waals surface area (Å²) in [6.45, 7) is 3.74. The number of nitrogens with zero attached hydrogens (tertiary/aromatic N) is 1. The molecule has 0 fully saturated rings. The summed E-state index contributed by atoms with van der Waals surface area (Å²) in [6, 6.07) is 15.1. The van der Waals surface area contributed by atoms with Gasteiger partial charge in [0.05, 0.1) is 16.0 Å². The minimum atomic E-state index is -3.38. The third kappa shape index (κ3) is 5.14. The molecule has 0 spiro atoms. The van der Waals surface area contributed by atoms with Crippen LogP contribution in [0.15, 0.2) is 52.9 Å². The Hall–Kier alpha value is -2.25. The average Bonchev–Trinajstić information content (AvgIpc) is 3.04. The second-order valence-electron chi connectivity index (χ2n) is 6.87. The zero-order valence-electron chi connectivity index (χ0n) is 15.3. The van der Waals surface area contributed by atoms with Crippen molar-refractivity contribution in [2.75, 3.05) is 11.1 Å². The number of amides is 1. The molecule has 0 aliphatic carbocycles. The summed E-state index contributed by atoms with van der Waals surface area (Å²) in [5.41, 5.74) is 2.40. The zero-order chi connectivity index (χ0) is 19.4. The number of thiazole rings is 1. The average molecular weight is 403 g/mol. The number of aromatic nitrogens is 1. The van der Waals surface area contributed by atoms with E-state index in [1.807, 2.05) is 44.2 Å². The molecule has 5 nitrogen and oxygen atoms in total. The van der Waals surface area contributed by atoms with E-state index in [0.717, 1.165) is 21.6 Å². The lowest BCUT2D eigenvalue weighted by Gasteiger charge is -2.05. The number of carbonyl (C=O) groups is 1. The molecular weight excluding hydrogens is 380 g/mol. The van der Waals surface area contributed by atoms with Gasteiger partial charge >= 0.3 is 0 Å². The van der Waals surface area contributed by atoms with Gasteiger partial charge in [0.1, 0.15) is 0 Å². The quantitative estimate of drug-likeness (QED) is 0.639. The largest absolute Gasteiger partial charge is 0.326 e. The van der Waals surface area contributed by atoms with Gasteiger partial charge < -0.3 is 5.32 Å². The molecule has 1 aromatic heterocycles. The Bertz CT molecular complexity index is 1040. The standard InChI is InChI=1S/C20H22N2O3S2/c1-14(2)13-27(24,25)20-22-17-10-9-16(12-18(17)26-20)21-19(23)11-8-15-6-4-3-5-7-15/h3-7,9-10,12,14H,8,11,13H2,1-2H3,(H,21,23). The van der Waals surface area contributed by atoms with Gasteiger partial charge in [-0.1, -0.05) is 44.2 Å². The number of aryl methyl sites for hydroxylation is 1. The van der Waals surface area contributed by atoms with Crippen LogP contribution in [-0.4, -0.2) is 25.1 Å². The number of fused-ring (bicyclic) bond motifs is 1. The van der Waals surface area contributed by atoms with Gasteiger partial charge in [-0.05, 0) is 36.1 Å². The monoisotopic (exact) mass is 402 g/mol. The molecular formula is C20H22N2O3S2. The van der Waals surface area contributed by atoms with E-state index in [2.05, 4.69) is 10.3 Å². The number of benzene rings is 2. The van der Waals surface area contributed by atoms with E-state index in [1.165, 1.54) is 0 Å². The van der Waals surface area contributed by atoms with Crippen LogP contribution in [0.25, 0.3) is 10.2 Å². The van der Waals surface area contributed by atoms with Crippen LogP contribution < -0.4 is 5.32 Å². The van der Waals surface area contributed by atoms with E-state index in [9.17, 15) is 13.2 Å². The summed E-state index contributed by atoms with van der Waals surface area (Å²) in [6.07, 6.45) is 1.06. The topological polar surface area (TPSA) is 76.1 Å². The van der Waals surface area contributed by atoms with Gasteiger partial charge in [-0.15, -0.1) is 11.3 Å². The smallest absolute Gasteiger partial charge is 0.224 e. The number of carbonyl (C=O) groups excluding carboxylic acids is 1. The molecule has 0 unspecified atom stereocenters. The van der Waals surface area contributed by atoms with Crippen LogP contribution >= 0.6 is 11.3 Å².